The molecule has 1 spiro atoms. The van der Waals surface area contributed by atoms with Crippen molar-refractivity contribution >= 4 is 29.2 Å². The Morgan fingerprint density at radius 3 is 2.63 bits per heavy atom. The van der Waals surface area contributed by atoms with E-state index in [1.54, 1.807) is 11.5 Å². The summed E-state index contributed by atoms with van der Waals surface area (Å²) in [6.07, 6.45) is 2.31. The highest BCUT2D eigenvalue weighted by Gasteiger charge is 2.66. The summed E-state index contributed by atoms with van der Waals surface area (Å²) in [4.78, 5) is 30.7. The molecular weight excluding hydrogens is 402 g/mol. The standard InChI is InChI=1S/C23H20ClN3O3/c1-14-25-19(21(28)29)13-26(14)10-11-27-20-5-3-2-4-17(20)23(22(27)30)12-18(23)15-6-8-16(24)9-7-15/h2-9,13,18H,10-12H2,1H3,(H,28,29)/t18-,23-/m0/s1. The number of amides is 1. The van der Waals surface area contributed by atoms with E-state index in [2.05, 4.69) is 4.98 Å². The van der Waals surface area contributed by atoms with Crippen LogP contribution in [0.25, 0.3) is 0 Å². The Kier molecular flexibility index (Phi) is 4.22. The third-order valence-corrected chi connectivity index (χ3v) is 6.55. The van der Waals surface area contributed by atoms with Crippen LogP contribution in [0.3, 0.4) is 0 Å². The first-order valence-electron chi connectivity index (χ1n) is 9.86. The maximum absolute atomic E-state index is 13.6. The summed E-state index contributed by atoms with van der Waals surface area (Å²) in [6.45, 7) is 2.71. The summed E-state index contributed by atoms with van der Waals surface area (Å²) >= 11 is 6.03. The minimum absolute atomic E-state index is 0.0158. The van der Waals surface area contributed by atoms with Crippen molar-refractivity contribution in [1.29, 1.82) is 0 Å². The molecule has 152 valence electrons. The number of nitrogens with zero attached hydrogens (tertiary/aromatic N) is 3. The first-order valence-corrected chi connectivity index (χ1v) is 10.2. The monoisotopic (exact) mass is 421 g/mol. The molecule has 1 aliphatic carbocycles. The smallest absolute Gasteiger partial charge is 0.356 e. The van der Waals surface area contributed by atoms with Gasteiger partial charge in [-0.15, -0.1) is 0 Å². The number of imidazole rings is 1. The number of anilines is 1. The predicted molar refractivity (Wildman–Crippen MR) is 113 cm³/mol. The van der Waals surface area contributed by atoms with Gasteiger partial charge in [-0.2, -0.15) is 0 Å². The predicted octanol–water partition coefficient (Wildman–Crippen LogP) is 4.02. The molecule has 0 bridgehead atoms. The molecule has 1 saturated carbocycles. The quantitative estimate of drug-likeness (QED) is 0.675. The first-order chi connectivity index (χ1) is 14.4. The van der Waals surface area contributed by atoms with Crippen molar-refractivity contribution in [2.24, 2.45) is 0 Å². The summed E-state index contributed by atoms with van der Waals surface area (Å²) in [5.74, 6) is -0.184. The molecule has 6 nitrogen and oxygen atoms in total. The van der Waals surface area contributed by atoms with Crippen molar-refractivity contribution in [3.05, 3.63) is 82.4 Å². The highest BCUT2D eigenvalue weighted by atomic mass is 35.5. The summed E-state index contributed by atoms with van der Waals surface area (Å²) in [7, 11) is 0. The summed E-state index contributed by atoms with van der Waals surface area (Å²) < 4.78 is 1.79. The van der Waals surface area contributed by atoms with Crippen LogP contribution >= 0.6 is 11.6 Å². The van der Waals surface area contributed by atoms with Crippen LogP contribution in [0.15, 0.2) is 54.7 Å². The number of rotatable bonds is 5. The maximum Gasteiger partial charge on any atom is 0.356 e. The second-order valence-corrected chi connectivity index (χ2v) is 8.36. The summed E-state index contributed by atoms with van der Waals surface area (Å²) in [6, 6.07) is 15.7. The van der Waals surface area contributed by atoms with Crippen LogP contribution in [0.4, 0.5) is 5.69 Å². The van der Waals surface area contributed by atoms with Gasteiger partial charge in [0, 0.05) is 35.9 Å². The number of hydrogen-bond acceptors (Lipinski definition) is 3. The molecule has 0 saturated heterocycles. The van der Waals surface area contributed by atoms with Gasteiger partial charge in [0.25, 0.3) is 0 Å². The fourth-order valence-corrected chi connectivity index (χ4v) is 4.84. The summed E-state index contributed by atoms with van der Waals surface area (Å²) in [5.41, 5.74) is 2.64. The molecule has 5 rings (SSSR count). The molecular formula is C23H20ClN3O3. The van der Waals surface area contributed by atoms with Crippen molar-refractivity contribution in [3.63, 3.8) is 0 Å². The number of carboxylic acid groups (broad SMARTS) is 1. The zero-order valence-corrected chi connectivity index (χ0v) is 17.1. The number of carbonyl (C=O) groups is 2. The number of benzene rings is 2. The Morgan fingerprint density at radius 1 is 1.20 bits per heavy atom. The number of fused-ring (bicyclic) bond motifs is 2. The Hall–Kier alpha value is -3.12. The van der Waals surface area contributed by atoms with E-state index in [0.717, 1.165) is 23.2 Å². The van der Waals surface area contributed by atoms with Gasteiger partial charge in [0.15, 0.2) is 5.69 Å². The third kappa shape index (κ3) is 2.75. The molecule has 1 aromatic heterocycles. The van der Waals surface area contributed by atoms with Crippen LogP contribution in [0.1, 0.15) is 39.8 Å². The van der Waals surface area contributed by atoms with Crippen LogP contribution in [0.2, 0.25) is 5.02 Å². The van der Waals surface area contributed by atoms with E-state index >= 15 is 0 Å². The molecule has 2 aliphatic rings. The van der Waals surface area contributed by atoms with E-state index in [4.69, 9.17) is 16.7 Å². The molecule has 2 heterocycles. The Balaban J connectivity index is 1.43. The number of hydrogen-bond donors (Lipinski definition) is 1. The van der Waals surface area contributed by atoms with E-state index in [0.29, 0.717) is 23.9 Å². The van der Waals surface area contributed by atoms with E-state index in [1.165, 1.54) is 6.20 Å². The molecule has 3 aromatic rings. The van der Waals surface area contributed by atoms with E-state index in [9.17, 15) is 9.59 Å². The topological polar surface area (TPSA) is 75.4 Å². The van der Waals surface area contributed by atoms with Gasteiger partial charge in [-0.1, -0.05) is 41.9 Å². The fourth-order valence-electron chi connectivity index (χ4n) is 4.71. The van der Waals surface area contributed by atoms with Crippen LogP contribution in [0, 0.1) is 6.92 Å². The molecule has 30 heavy (non-hydrogen) atoms. The van der Waals surface area contributed by atoms with Crippen molar-refractivity contribution in [2.45, 2.75) is 31.2 Å². The minimum atomic E-state index is -1.05. The lowest BCUT2D eigenvalue weighted by Gasteiger charge is -2.19. The number of aryl methyl sites for hydroxylation is 1. The second-order valence-electron chi connectivity index (χ2n) is 7.93. The maximum atomic E-state index is 13.6. The molecule has 1 amide bonds. The van der Waals surface area contributed by atoms with Gasteiger partial charge in [-0.05, 0) is 42.7 Å². The summed E-state index contributed by atoms with van der Waals surface area (Å²) in [5, 5.41) is 9.84. The van der Waals surface area contributed by atoms with Gasteiger partial charge >= 0.3 is 5.97 Å². The van der Waals surface area contributed by atoms with Crippen LogP contribution in [0.5, 0.6) is 0 Å². The van der Waals surface area contributed by atoms with Gasteiger partial charge in [0.1, 0.15) is 5.82 Å². The van der Waals surface area contributed by atoms with Gasteiger partial charge in [-0.25, -0.2) is 9.78 Å². The number of aromatic nitrogens is 2. The zero-order valence-electron chi connectivity index (χ0n) is 16.4. The van der Waals surface area contributed by atoms with E-state index < -0.39 is 11.4 Å². The van der Waals surface area contributed by atoms with E-state index in [-0.39, 0.29) is 17.5 Å². The van der Waals surface area contributed by atoms with Gasteiger partial charge in [0.05, 0.1) is 5.41 Å². The van der Waals surface area contributed by atoms with Gasteiger partial charge < -0.3 is 14.6 Å². The lowest BCUT2D eigenvalue weighted by molar-refractivity contribution is -0.120. The van der Waals surface area contributed by atoms with Crippen LogP contribution < -0.4 is 4.90 Å². The Bertz CT molecular complexity index is 1170. The SMILES string of the molecule is Cc1nc(C(=O)O)cn1CCN1C(=O)[C@@]2(C[C@H]2c2ccc(Cl)cc2)c2ccccc21. The number of halogens is 1. The lowest BCUT2D eigenvalue weighted by atomic mass is 9.92. The number of carboxylic acids is 1. The molecule has 1 fully saturated rings. The Morgan fingerprint density at radius 2 is 1.93 bits per heavy atom. The number of aromatic carboxylic acids is 1. The average molecular weight is 422 g/mol. The normalized spacial score (nSPS) is 21.9. The van der Waals surface area contributed by atoms with Gasteiger partial charge in [0.2, 0.25) is 5.91 Å². The minimum Gasteiger partial charge on any atom is -0.476 e. The molecule has 2 aromatic carbocycles. The highest BCUT2D eigenvalue weighted by Crippen LogP contribution is 2.66. The lowest BCUT2D eigenvalue weighted by Crippen LogP contribution is -2.35. The third-order valence-electron chi connectivity index (χ3n) is 6.30. The van der Waals surface area contributed by atoms with Crippen molar-refractivity contribution in [1.82, 2.24) is 9.55 Å². The molecule has 2 atom stereocenters. The molecule has 7 heteroatoms. The number of carbonyl (C=O) groups excluding carboxylic acids is 1. The fraction of sp³-hybridized carbons (Fsp3) is 0.261. The largest absolute Gasteiger partial charge is 0.476 e. The van der Waals surface area contributed by atoms with Gasteiger partial charge in [-0.3, -0.25) is 4.79 Å². The zero-order chi connectivity index (χ0) is 21.0. The second kappa shape index (κ2) is 6.71. The number of para-hydroxylation sites is 1. The highest BCUT2D eigenvalue weighted by molar-refractivity contribution is 6.30. The molecule has 1 N–H and O–H groups in total. The van der Waals surface area contributed by atoms with Crippen molar-refractivity contribution in [2.75, 3.05) is 11.4 Å². The molecule has 1 aliphatic heterocycles. The van der Waals surface area contributed by atoms with Crippen LogP contribution in [-0.2, 0) is 16.8 Å². The van der Waals surface area contributed by atoms with E-state index in [1.807, 2.05) is 53.4 Å². The van der Waals surface area contributed by atoms with Crippen LogP contribution in [-0.4, -0.2) is 33.1 Å². The Labute approximate surface area is 178 Å². The first kappa shape index (κ1) is 18.9. The van der Waals surface area contributed by atoms with Crippen molar-refractivity contribution in [3.8, 4) is 0 Å². The van der Waals surface area contributed by atoms with Crippen molar-refractivity contribution < 1.29 is 14.7 Å². The molecule has 0 radical (unpaired) electrons. The average Bonchev–Trinajstić information content (AvgIpc) is 3.31. The molecule has 0 unspecified atom stereocenters.